The molecule has 0 saturated heterocycles. The van der Waals surface area contributed by atoms with E-state index in [1.807, 2.05) is 19.1 Å². The highest BCUT2D eigenvalue weighted by Gasteiger charge is 2.32. The van der Waals surface area contributed by atoms with E-state index < -0.39 is 26.8 Å². The van der Waals surface area contributed by atoms with E-state index in [-0.39, 0.29) is 18.2 Å². The van der Waals surface area contributed by atoms with Gasteiger partial charge in [-0.05, 0) is 60.0 Å². The summed E-state index contributed by atoms with van der Waals surface area (Å²) in [5.74, 6) is -0.311. The molecule has 0 bridgehead atoms. The molecule has 0 aliphatic heterocycles. The summed E-state index contributed by atoms with van der Waals surface area (Å²) in [6.45, 7) is 2.74. The molecule has 0 heterocycles. The monoisotopic (exact) mass is 521 g/mol. The highest BCUT2D eigenvalue weighted by atomic mass is 32.2. The number of halogens is 3. The van der Waals surface area contributed by atoms with Crippen molar-refractivity contribution < 1.29 is 35.3 Å². The fourth-order valence-electron chi connectivity index (χ4n) is 3.44. The van der Waals surface area contributed by atoms with Crippen LogP contribution < -0.4 is 4.18 Å². The molecule has 3 aromatic carbocycles. The van der Waals surface area contributed by atoms with E-state index in [4.69, 9.17) is 8.92 Å². The molecule has 6 nitrogen and oxygen atoms in total. The minimum Gasteiger partial charge on any atom is -0.383 e. The Morgan fingerprint density at radius 2 is 1.64 bits per heavy atom. The summed E-state index contributed by atoms with van der Waals surface area (Å²) in [7, 11) is -3.00. The van der Waals surface area contributed by atoms with Crippen molar-refractivity contribution in [3.8, 4) is 5.75 Å². The Labute approximate surface area is 208 Å². The molecule has 0 spiro atoms. The number of alkyl halides is 3. The van der Waals surface area contributed by atoms with Gasteiger partial charge >= 0.3 is 16.3 Å². The summed E-state index contributed by atoms with van der Waals surface area (Å²) in [5, 5.41) is 0. The lowest BCUT2D eigenvalue weighted by atomic mass is 10.1. The molecule has 0 N–H and O–H groups in total. The SMILES string of the molecule is CCc1ccc(C(=O)N(CCOC)Cc2cccc(OS(=O)(=O)c3cccc(C(F)(F)F)c3)c2)cc1. The highest BCUT2D eigenvalue weighted by Crippen LogP contribution is 2.31. The van der Waals surface area contributed by atoms with Crippen molar-refractivity contribution in [3.05, 3.63) is 95.1 Å². The van der Waals surface area contributed by atoms with Gasteiger partial charge in [-0.2, -0.15) is 21.6 Å². The zero-order valence-corrected chi connectivity index (χ0v) is 20.6. The van der Waals surface area contributed by atoms with Gasteiger partial charge in [0.15, 0.2) is 0 Å². The molecular weight excluding hydrogens is 495 g/mol. The van der Waals surface area contributed by atoms with Crippen LogP contribution in [0, 0.1) is 0 Å². The molecule has 1 amide bonds. The molecule has 0 aromatic heterocycles. The van der Waals surface area contributed by atoms with Crippen LogP contribution in [-0.2, 0) is 34.0 Å². The van der Waals surface area contributed by atoms with E-state index in [0.29, 0.717) is 30.3 Å². The first-order valence-electron chi connectivity index (χ1n) is 11.1. The number of hydrogen-bond acceptors (Lipinski definition) is 5. The molecule has 0 aliphatic rings. The lowest BCUT2D eigenvalue weighted by molar-refractivity contribution is -0.137. The van der Waals surface area contributed by atoms with Crippen molar-refractivity contribution in [2.24, 2.45) is 0 Å². The maximum absolute atomic E-state index is 13.1. The predicted molar refractivity (Wildman–Crippen MR) is 128 cm³/mol. The second-order valence-corrected chi connectivity index (χ2v) is 9.53. The standard InChI is InChI=1S/C26H26F3NO5S/c1-3-19-10-12-21(13-11-19)25(31)30(14-15-34-2)18-20-6-4-8-23(16-20)35-36(32,33)24-9-5-7-22(17-24)26(27,28)29/h4-13,16-17H,3,14-15,18H2,1-2H3. The normalized spacial score (nSPS) is 11.8. The topological polar surface area (TPSA) is 72.9 Å². The summed E-state index contributed by atoms with van der Waals surface area (Å²) in [6.07, 6.45) is -3.85. The zero-order valence-electron chi connectivity index (χ0n) is 19.8. The van der Waals surface area contributed by atoms with Crippen LogP contribution >= 0.6 is 0 Å². The quantitative estimate of drug-likeness (QED) is 0.338. The van der Waals surface area contributed by atoms with Gasteiger partial charge < -0.3 is 13.8 Å². The molecule has 10 heteroatoms. The molecule has 0 aliphatic carbocycles. The van der Waals surface area contributed by atoms with Gasteiger partial charge in [-0.1, -0.05) is 37.3 Å². The number of hydrogen-bond donors (Lipinski definition) is 0. The minimum absolute atomic E-state index is 0.0867. The number of nitrogens with zero attached hydrogens (tertiary/aromatic N) is 1. The Bertz CT molecular complexity index is 1290. The van der Waals surface area contributed by atoms with Gasteiger partial charge in [0.05, 0.1) is 12.2 Å². The molecule has 0 atom stereocenters. The summed E-state index contributed by atoms with van der Waals surface area (Å²) in [5.41, 5.74) is 1.08. The molecule has 192 valence electrons. The van der Waals surface area contributed by atoms with Crippen molar-refractivity contribution in [2.45, 2.75) is 31.0 Å². The number of amides is 1. The molecule has 0 saturated carbocycles. The third-order valence-electron chi connectivity index (χ3n) is 5.39. The maximum Gasteiger partial charge on any atom is 0.416 e. The van der Waals surface area contributed by atoms with Crippen molar-refractivity contribution in [1.29, 1.82) is 0 Å². The summed E-state index contributed by atoms with van der Waals surface area (Å²) < 4.78 is 74.5. The van der Waals surface area contributed by atoms with Gasteiger partial charge in [0.1, 0.15) is 10.6 Å². The smallest absolute Gasteiger partial charge is 0.383 e. The van der Waals surface area contributed by atoms with Crippen LogP contribution in [0.25, 0.3) is 0 Å². The van der Waals surface area contributed by atoms with Crippen molar-refractivity contribution >= 4 is 16.0 Å². The van der Waals surface area contributed by atoms with E-state index in [1.165, 1.54) is 19.2 Å². The first kappa shape index (κ1) is 27.2. The summed E-state index contributed by atoms with van der Waals surface area (Å²) in [4.78, 5) is 14.1. The molecule has 36 heavy (non-hydrogen) atoms. The summed E-state index contributed by atoms with van der Waals surface area (Å²) >= 11 is 0. The number of rotatable bonds is 10. The molecule has 3 aromatic rings. The van der Waals surface area contributed by atoms with Crippen LogP contribution in [-0.4, -0.2) is 39.5 Å². The summed E-state index contributed by atoms with van der Waals surface area (Å²) in [6, 6.07) is 16.6. The Balaban J connectivity index is 1.81. The van der Waals surface area contributed by atoms with Crippen molar-refractivity contribution in [1.82, 2.24) is 4.90 Å². The van der Waals surface area contributed by atoms with Gasteiger partial charge in [0.2, 0.25) is 0 Å². The highest BCUT2D eigenvalue weighted by molar-refractivity contribution is 7.87. The Morgan fingerprint density at radius 1 is 0.944 bits per heavy atom. The average molecular weight is 522 g/mol. The molecular formula is C26H26F3NO5S. The predicted octanol–water partition coefficient (Wildman–Crippen LogP) is 5.32. The number of benzene rings is 3. The lowest BCUT2D eigenvalue weighted by Crippen LogP contribution is -2.33. The van der Waals surface area contributed by atoms with E-state index in [9.17, 15) is 26.4 Å². The van der Waals surface area contributed by atoms with Crippen LogP contribution in [0.1, 0.15) is 34.0 Å². The first-order chi connectivity index (χ1) is 17.0. The van der Waals surface area contributed by atoms with Gasteiger partial charge in [-0.25, -0.2) is 0 Å². The van der Waals surface area contributed by atoms with Crippen LogP contribution in [0.2, 0.25) is 0 Å². The van der Waals surface area contributed by atoms with Gasteiger partial charge in [0.25, 0.3) is 5.91 Å². The van der Waals surface area contributed by atoms with E-state index >= 15 is 0 Å². The van der Waals surface area contributed by atoms with E-state index in [0.717, 1.165) is 30.2 Å². The van der Waals surface area contributed by atoms with Crippen molar-refractivity contribution in [2.75, 3.05) is 20.3 Å². The first-order valence-corrected chi connectivity index (χ1v) is 12.5. The van der Waals surface area contributed by atoms with E-state index in [1.54, 1.807) is 29.2 Å². The molecule has 3 rings (SSSR count). The van der Waals surface area contributed by atoms with Crippen LogP contribution in [0.4, 0.5) is 13.2 Å². The number of aryl methyl sites for hydroxylation is 1. The number of methoxy groups -OCH3 is 1. The lowest BCUT2D eigenvalue weighted by Gasteiger charge is -2.23. The van der Waals surface area contributed by atoms with Crippen LogP contribution in [0.15, 0.2) is 77.7 Å². The van der Waals surface area contributed by atoms with Crippen molar-refractivity contribution in [3.63, 3.8) is 0 Å². The van der Waals surface area contributed by atoms with Gasteiger partial charge in [-0.3, -0.25) is 4.79 Å². The minimum atomic E-state index is -4.69. The maximum atomic E-state index is 13.1. The molecule has 0 unspecified atom stereocenters. The third-order valence-corrected chi connectivity index (χ3v) is 6.63. The second kappa shape index (κ2) is 11.6. The van der Waals surface area contributed by atoms with Gasteiger partial charge in [-0.15, -0.1) is 0 Å². The number of carbonyl (C=O) groups excluding carboxylic acids is 1. The molecule has 0 fully saturated rings. The number of ether oxygens (including phenoxy) is 1. The average Bonchev–Trinajstić information content (AvgIpc) is 2.85. The van der Waals surface area contributed by atoms with Gasteiger partial charge in [0, 0.05) is 25.8 Å². The Morgan fingerprint density at radius 3 is 2.28 bits per heavy atom. The largest absolute Gasteiger partial charge is 0.416 e. The Hall–Kier alpha value is -3.37. The molecule has 0 radical (unpaired) electrons. The zero-order chi connectivity index (χ0) is 26.3. The number of carbonyl (C=O) groups is 1. The fraction of sp³-hybridized carbons (Fsp3) is 0.269. The fourth-order valence-corrected chi connectivity index (χ4v) is 4.41. The third kappa shape index (κ3) is 7.08. The van der Waals surface area contributed by atoms with E-state index in [2.05, 4.69) is 0 Å². The Kier molecular flexibility index (Phi) is 8.75. The second-order valence-electron chi connectivity index (χ2n) is 7.98. The van der Waals surface area contributed by atoms with Crippen LogP contribution in [0.5, 0.6) is 5.75 Å². The van der Waals surface area contributed by atoms with Crippen LogP contribution in [0.3, 0.4) is 0 Å².